The van der Waals surface area contributed by atoms with Crippen LogP contribution >= 0.6 is 7.19 Å². The summed E-state index contributed by atoms with van der Waals surface area (Å²) in [5.41, 5.74) is 32.3. The maximum absolute atomic E-state index is 7.30. The van der Waals surface area contributed by atoms with Crippen LogP contribution in [0.1, 0.15) is 104 Å². The van der Waals surface area contributed by atoms with Gasteiger partial charge in [-0.3, -0.25) is 0 Å². The first kappa shape index (κ1) is 27.0. The van der Waals surface area contributed by atoms with Crippen molar-refractivity contribution in [2.75, 3.05) is 6.16 Å². The maximum Gasteiger partial charge on any atom is 0.0409 e. The molecule has 0 aromatic heterocycles. The van der Waals surface area contributed by atoms with Gasteiger partial charge in [0.1, 0.15) is 0 Å². The average Bonchev–Trinajstić information content (AvgIpc) is 2.97. The van der Waals surface area contributed by atoms with Crippen LogP contribution in [0.3, 0.4) is 0 Å². The lowest BCUT2D eigenvalue weighted by Crippen LogP contribution is -2.67. The molecule has 2 saturated carbocycles. The third-order valence-corrected chi connectivity index (χ3v) is 10.0. The zero-order valence-corrected chi connectivity index (χ0v) is 22.4. The van der Waals surface area contributed by atoms with Crippen LogP contribution in [0.5, 0.6) is 0 Å². The summed E-state index contributed by atoms with van der Waals surface area (Å²) in [5.74, 6) is 1.04. The topological polar surface area (TPSA) is 104 Å². The average molecular weight is 475 g/mol. The van der Waals surface area contributed by atoms with Gasteiger partial charge in [0.05, 0.1) is 0 Å². The van der Waals surface area contributed by atoms with E-state index in [1.807, 2.05) is 0 Å². The first-order chi connectivity index (χ1) is 15.5. The molecule has 33 heavy (non-hydrogen) atoms. The smallest absolute Gasteiger partial charge is 0.0409 e. The molecule has 5 heteroatoms. The summed E-state index contributed by atoms with van der Waals surface area (Å²) >= 11 is 0. The minimum Gasteiger partial charge on any atom is -0.323 e. The number of allylic oxidation sites excluding steroid dienone is 3. The monoisotopic (exact) mass is 474 g/mol. The van der Waals surface area contributed by atoms with Gasteiger partial charge in [-0.2, -0.15) is 0 Å². The van der Waals surface area contributed by atoms with Crippen LogP contribution in [0.25, 0.3) is 0 Å². The molecule has 0 heterocycles. The first-order valence-corrected chi connectivity index (χ1v) is 15.7. The second-order valence-electron chi connectivity index (χ2n) is 11.8. The lowest BCUT2D eigenvalue weighted by Gasteiger charge is -2.50. The Bertz CT molecular complexity index is 822. The fourth-order valence-corrected chi connectivity index (χ4v) is 8.17. The Balaban J connectivity index is 1.72. The van der Waals surface area contributed by atoms with Crippen molar-refractivity contribution in [3.05, 3.63) is 34.9 Å². The standard InChI is InChI=1S/C28H51N4P/c1-5-6-7-9-22(20-33(4,31)32)13-15-25-16-17-27(29)19-26-23(14-12-21(2)3)10-8-11-24(26)18-28(25,27)30/h11,22,25H,2,4-10,12-20,29-32H2,1,3H3/t22-,25?,27?,28?/m0/s1. The third-order valence-electron chi connectivity index (χ3n) is 8.81. The molecule has 0 bridgehead atoms. The van der Waals surface area contributed by atoms with Gasteiger partial charge in [0.25, 0.3) is 0 Å². The molecule has 3 aliphatic carbocycles. The molecule has 0 saturated heterocycles. The van der Waals surface area contributed by atoms with Crippen molar-refractivity contribution in [3.63, 3.8) is 0 Å². The number of fused-ring (bicyclic) bond motifs is 2. The van der Waals surface area contributed by atoms with Crippen molar-refractivity contribution in [2.24, 2.45) is 34.3 Å². The van der Waals surface area contributed by atoms with Crippen molar-refractivity contribution in [2.45, 2.75) is 115 Å². The zero-order chi connectivity index (χ0) is 24.3. The number of hydrogen-bond donors (Lipinski definition) is 4. The van der Waals surface area contributed by atoms with E-state index in [1.165, 1.54) is 43.3 Å². The van der Waals surface area contributed by atoms with E-state index in [2.05, 4.69) is 32.8 Å². The lowest BCUT2D eigenvalue weighted by atomic mass is 9.61. The molecule has 0 aliphatic heterocycles. The molecule has 4 nitrogen and oxygen atoms in total. The summed E-state index contributed by atoms with van der Waals surface area (Å²) in [6.07, 6.45) is 23.3. The van der Waals surface area contributed by atoms with Crippen molar-refractivity contribution in [3.8, 4) is 0 Å². The summed E-state index contributed by atoms with van der Waals surface area (Å²) in [6.45, 7) is 8.50. The Morgan fingerprint density at radius 1 is 1.21 bits per heavy atom. The second-order valence-corrected chi connectivity index (χ2v) is 14.4. The summed E-state index contributed by atoms with van der Waals surface area (Å²) in [5, 5.41) is 0. The Labute approximate surface area is 203 Å². The van der Waals surface area contributed by atoms with Crippen LogP contribution in [0.15, 0.2) is 34.9 Å². The van der Waals surface area contributed by atoms with Crippen LogP contribution in [0.4, 0.5) is 0 Å². The van der Waals surface area contributed by atoms with Crippen molar-refractivity contribution < 1.29 is 0 Å². The van der Waals surface area contributed by atoms with Crippen molar-refractivity contribution in [1.29, 1.82) is 0 Å². The molecule has 188 valence electrons. The summed E-state index contributed by atoms with van der Waals surface area (Å²) in [4.78, 5) is 0. The van der Waals surface area contributed by atoms with E-state index < -0.39 is 7.19 Å². The third kappa shape index (κ3) is 6.53. The molecule has 2 fully saturated rings. The van der Waals surface area contributed by atoms with E-state index in [-0.39, 0.29) is 11.1 Å². The van der Waals surface area contributed by atoms with Gasteiger partial charge in [0, 0.05) is 11.1 Å². The molecular weight excluding hydrogens is 423 g/mol. The summed E-state index contributed by atoms with van der Waals surface area (Å²) in [6, 6.07) is 0. The molecule has 8 N–H and O–H groups in total. The predicted molar refractivity (Wildman–Crippen MR) is 148 cm³/mol. The normalized spacial score (nSPS) is 30.6. The zero-order valence-electron chi connectivity index (χ0n) is 21.5. The van der Waals surface area contributed by atoms with Gasteiger partial charge < -0.3 is 22.5 Å². The van der Waals surface area contributed by atoms with Gasteiger partial charge in [-0.15, -0.1) is 6.58 Å². The van der Waals surface area contributed by atoms with Crippen LogP contribution in [0.2, 0.25) is 0 Å². The lowest BCUT2D eigenvalue weighted by molar-refractivity contribution is 0.175. The SMILES string of the molecule is C=C(C)CCC1=C2CC3(N)CCC(CC[C@H](CCCCC)CP(=C)(N)N)C3(N)CC2=CCC1. The van der Waals surface area contributed by atoms with Crippen LogP contribution < -0.4 is 22.5 Å². The molecule has 0 aromatic rings. The Morgan fingerprint density at radius 2 is 1.97 bits per heavy atom. The van der Waals surface area contributed by atoms with Gasteiger partial charge in [0.15, 0.2) is 0 Å². The highest BCUT2D eigenvalue weighted by Gasteiger charge is 2.58. The largest absolute Gasteiger partial charge is 0.323 e. The molecule has 3 rings (SSSR count). The van der Waals surface area contributed by atoms with Crippen molar-refractivity contribution in [1.82, 2.24) is 0 Å². The Kier molecular flexibility index (Phi) is 8.95. The molecule has 4 atom stereocenters. The fraction of sp³-hybridized carbons (Fsp3) is 0.750. The van der Waals surface area contributed by atoms with Crippen LogP contribution in [-0.2, 0) is 0 Å². The van der Waals surface area contributed by atoms with Gasteiger partial charge >= 0.3 is 0 Å². The highest BCUT2D eigenvalue weighted by atomic mass is 31.2. The van der Waals surface area contributed by atoms with Crippen LogP contribution in [-0.4, -0.2) is 23.5 Å². The highest BCUT2D eigenvalue weighted by Crippen LogP contribution is 2.55. The minimum atomic E-state index is -2.01. The number of hydrogen-bond acceptors (Lipinski definition) is 4. The number of unbranched alkanes of at least 4 members (excludes halogenated alkanes) is 2. The quantitative estimate of drug-likeness (QED) is 0.155. The number of nitrogens with two attached hydrogens (primary N) is 4. The highest BCUT2D eigenvalue weighted by molar-refractivity contribution is 7.69. The molecule has 0 aromatic carbocycles. The van der Waals surface area contributed by atoms with Crippen molar-refractivity contribution >= 4 is 13.5 Å². The Hall–Kier alpha value is -0.640. The van der Waals surface area contributed by atoms with Gasteiger partial charge in [-0.05, 0) is 107 Å². The fourth-order valence-electron chi connectivity index (χ4n) is 6.84. The van der Waals surface area contributed by atoms with E-state index >= 15 is 0 Å². The molecule has 3 aliphatic rings. The summed E-state index contributed by atoms with van der Waals surface area (Å²) < 4.78 is 0. The number of rotatable bonds is 12. The molecule has 0 amide bonds. The van der Waals surface area contributed by atoms with Crippen LogP contribution in [0, 0.1) is 11.8 Å². The minimum absolute atomic E-state index is 0.279. The van der Waals surface area contributed by atoms with Gasteiger partial charge in [-0.1, -0.05) is 56.1 Å². The predicted octanol–water partition coefficient (Wildman–Crippen LogP) is 6.13. The maximum atomic E-state index is 7.30. The van der Waals surface area contributed by atoms with E-state index in [1.54, 1.807) is 11.1 Å². The Morgan fingerprint density at radius 3 is 2.64 bits per heavy atom. The first-order valence-electron chi connectivity index (χ1n) is 13.4. The molecule has 0 radical (unpaired) electrons. The van der Waals surface area contributed by atoms with E-state index in [0.29, 0.717) is 11.8 Å². The molecular formula is C28H51N4P. The second kappa shape index (κ2) is 11.0. The van der Waals surface area contributed by atoms with Gasteiger partial charge in [-0.25, -0.2) is 0 Å². The van der Waals surface area contributed by atoms with E-state index in [9.17, 15) is 0 Å². The van der Waals surface area contributed by atoms with Gasteiger partial charge in [0.2, 0.25) is 0 Å². The summed E-state index contributed by atoms with van der Waals surface area (Å²) in [7, 11) is -2.01. The van der Waals surface area contributed by atoms with E-state index in [4.69, 9.17) is 22.5 Å². The molecule has 0 spiro atoms. The van der Waals surface area contributed by atoms with E-state index in [0.717, 1.165) is 63.9 Å². The molecule has 3 unspecified atom stereocenters.